The Morgan fingerprint density at radius 1 is 0.926 bits per heavy atom. The molecule has 0 aromatic heterocycles. The van der Waals surface area contributed by atoms with Crippen LogP contribution in [-0.4, -0.2) is 104 Å². The quantitative estimate of drug-likeness (QED) is 0.142. The fraction of sp³-hybridized carbons (Fsp3) is 0.791. The molecule has 0 unspecified atom stereocenters. The van der Waals surface area contributed by atoms with Gasteiger partial charge in [0, 0.05) is 12.0 Å². The van der Waals surface area contributed by atoms with Crippen LogP contribution >= 0.6 is 0 Å². The molecule has 16 atom stereocenters. The summed E-state index contributed by atoms with van der Waals surface area (Å²) in [5, 5.41) is 75.8. The predicted octanol–water partition coefficient (Wildman–Crippen LogP) is 4.20. The number of fused-ring (bicyclic) bond motifs is 7. The van der Waals surface area contributed by atoms with Gasteiger partial charge >= 0.3 is 5.97 Å². The van der Waals surface area contributed by atoms with Gasteiger partial charge in [-0.05, 0) is 103 Å². The highest BCUT2D eigenvalue weighted by Crippen LogP contribution is 2.76. The Morgan fingerprint density at radius 2 is 1.63 bits per heavy atom. The summed E-state index contributed by atoms with van der Waals surface area (Å²) in [6, 6.07) is 9.80. The maximum atomic E-state index is 13.2. The number of benzene rings is 1. The summed E-state index contributed by atoms with van der Waals surface area (Å²) in [5.74, 6) is -0.926. The monoisotopic (exact) mass is 756 g/mol. The van der Waals surface area contributed by atoms with E-state index in [1.807, 2.05) is 37.3 Å². The first-order chi connectivity index (χ1) is 25.4. The summed E-state index contributed by atoms with van der Waals surface area (Å²) in [6.07, 6.45) is 0.130. The molecule has 7 N–H and O–H groups in total. The number of ether oxygens (including phenoxy) is 3. The van der Waals surface area contributed by atoms with Gasteiger partial charge in [0.05, 0.1) is 43.5 Å². The topological polar surface area (TPSA) is 186 Å². The van der Waals surface area contributed by atoms with Gasteiger partial charge in [-0.15, -0.1) is 0 Å². The molecule has 54 heavy (non-hydrogen) atoms. The van der Waals surface area contributed by atoms with Crippen LogP contribution in [0, 0.1) is 50.2 Å². The van der Waals surface area contributed by atoms with Gasteiger partial charge in [0.15, 0.2) is 6.29 Å². The number of aliphatic carboxylic acids is 1. The maximum Gasteiger partial charge on any atom is 0.310 e. The first-order valence-corrected chi connectivity index (χ1v) is 20.2. The van der Waals surface area contributed by atoms with Crippen LogP contribution in [0.4, 0.5) is 0 Å². The van der Waals surface area contributed by atoms with Gasteiger partial charge < -0.3 is 50.0 Å². The van der Waals surface area contributed by atoms with E-state index in [4.69, 9.17) is 14.2 Å². The van der Waals surface area contributed by atoms with E-state index in [9.17, 15) is 40.5 Å². The Bertz CT molecular complexity index is 1570. The zero-order valence-electron chi connectivity index (χ0n) is 32.7. The normalized spacial score (nSPS) is 49.4. The summed E-state index contributed by atoms with van der Waals surface area (Å²) >= 11 is 0. The lowest BCUT2D eigenvalue weighted by atomic mass is 9.33. The second-order valence-corrected chi connectivity index (χ2v) is 19.4. The molecule has 0 bridgehead atoms. The summed E-state index contributed by atoms with van der Waals surface area (Å²) in [5.41, 5.74) is -1.02. The molecular formula is C43H64O11. The molecule has 5 aliphatic carbocycles. The number of hydrogen-bond donors (Lipinski definition) is 7. The molecule has 1 heterocycles. The van der Waals surface area contributed by atoms with Crippen LogP contribution in [0.15, 0.2) is 42.0 Å². The number of aliphatic hydroxyl groups excluding tert-OH is 6. The average Bonchev–Trinajstić information content (AvgIpc) is 3.15. The van der Waals surface area contributed by atoms with Crippen molar-refractivity contribution in [3.8, 4) is 0 Å². The molecule has 0 spiro atoms. The van der Waals surface area contributed by atoms with E-state index in [-0.39, 0.29) is 53.8 Å². The van der Waals surface area contributed by atoms with E-state index < -0.39 is 71.7 Å². The van der Waals surface area contributed by atoms with Crippen molar-refractivity contribution in [2.24, 2.45) is 50.2 Å². The fourth-order valence-electron chi connectivity index (χ4n) is 13.3. The van der Waals surface area contributed by atoms with E-state index >= 15 is 0 Å². The molecule has 4 saturated carbocycles. The number of rotatable bonds is 9. The molecule has 5 fully saturated rings. The second kappa shape index (κ2) is 14.2. The standard InChI is InChI=1S/C43H64O11/c1-38(24-45)15-17-43(37(50)51)18-16-40(3)26(27(43)19-38)11-12-30-39(2)20-29(52-22-25-9-7-6-8-10-25)35(54-36-34(49)33(48)28(46)23-53-36)42(5,32(47)21-44)31(39)13-14-41(30,40)4/h6-11,27-36,44-49H,12-24H2,1-5H3,(H,50,51)/t27-,28+,29+,30-,31+,32+,33-,34+,35+,36+,38+,39+,40-,41+,42+,43+/m0/s1. The van der Waals surface area contributed by atoms with Gasteiger partial charge in [-0.1, -0.05) is 76.6 Å². The third-order valence-electron chi connectivity index (χ3n) is 16.9. The average molecular weight is 757 g/mol. The van der Waals surface area contributed by atoms with Crippen LogP contribution < -0.4 is 0 Å². The Kier molecular flexibility index (Phi) is 10.6. The minimum Gasteiger partial charge on any atom is -0.481 e. The molecular weight excluding hydrogens is 692 g/mol. The minimum atomic E-state index is -1.54. The zero-order chi connectivity index (χ0) is 39.1. The molecule has 11 nitrogen and oxygen atoms in total. The van der Waals surface area contributed by atoms with Gasteiger partial charge in [0.25, 0.3) is 0 Å². The van der Waals surface area contributed by atoms with E-state index in [1.165, 1.54) is 5.57 Å². The van der Waals surface area contributed by atoms with Crippen LogP contribution in [0.5, 0.6) is 0 Å². The minimum absolute atomic E-state index is 0.0324. The molecule has 7 rings (SSSR count). The lowest BCUT2D eigenvalue weighted by molar-refractivity contribution is -0.340. The van der Waals surface area contributed by atoms with Gasteiger partial charge in [-0.3, -0.25) is 4.79 Å². The van der Waals surface area contributed by atoms with Crippen molar-refractivity contribution in [2.75, 3.05) is 19.8 Å². The third kappa shape index (κ3) is 5.89. The molecule has 1 saturated heterocycles. The highest BCUT2D eigenvalue weighted by atomic mass is 16.7. The molecule has 1 aliphatic heterocycles. The van der Waals surface area contributed by atoms with Crippen molar-refractivity contribution in [1.82, 2.24) is 0 Å². The smallest absolute Gasteiger partial charge is 0.310 e. The van der Waals surface area contributed by atoms with Gasteiger partial charge in [-0.2, -0.15) is 0 Å². The molecule has 0 amide bonds. The zero-order valence-corrected chi connectivity index (χ0v) is 32.7. The lowest BCUT2D eigenvalue weighted by Crippen LogP contribution is -2.71. The van der Waals surface area contributed by atoms with Gasteiger partial charge in [0.2, 0.25) is 0 Å². The van der Waals surface area contributed by atoms with Crippen molar-refractivity contribution >= 4 is 5.97 Å². The summed E-state index contributed by atoms with van der Waals surface area (Å²) in [4.78, 5) is 13.2. The highest BCUT2D eigenvalue weighted by molar-refractivity contribution is 5.76. The summed E-state index contributed by atoms with van der Waals surface area (Å²) in [7, 11) is 0. The second-order valence-electron chi connectivity index (χ2n) is 19.4. The molecule has 0 radical (unpaired) electrons. The Labute approximate surface area is 319 Å². The lowest BCUT2D eigenvalue weighted by Gasteiger charge is -2.72. The number of carboxylic acid groups (broad SMARTS) is 1. The van der Waals surface area contributed by atoms with Crippen LogP contribution in [0.1, 0.15) is 98.0 Å². The summed E-state index contributed by atoms with van der Waals surface area (Å²) < 4.78 is 19.3. The number of hydrogen-bond acceptors (Lipinski definition) is 10. The number of allylic oxidation sites excluding steroid dienone is 2. The van der Waals surface area contributed by atoms with Crippen molar-refractivity contribution < 1.29 is 54.8 Å². The molecule has 302 valence electrons. The first-order valence-electron chi connectivity index (χ1n) is 20.2. The molecule has 6 aliphatic rings. The van der Waals surface area contributed by atoms with E-state index in [0.29, 0.717) is 38.5 Å². The Hall–Kier alpha value is -1.93. The van der Waals surface area contributed by atoms with Crippen molar-refractivity contribution in [1.29, 1.82) is 0 Å². The number of carbonyl (C=O) groups is 1. The Balaban J connectivity index is 1.30. The fourth-order valence-corrected chi connectivity index (χ4v) is 13.3. The summed E-state index contributed by atoms with van der Waals surface area (Å²) in [6.45, 7) is 10.6. The largest absolute Gasteiger partial charge is 0.481 e. The van der Waals surface area contributed by atoms with Crippen molar-refractivity contribution in [3.05, 3.63) is 47.5 Å². The first kappa shape index (κ1) is 40.3. The van der Waals surface area contributed by atoms with Gasteiger partial charge in [-0.25, -0.2) is 0 Å². The highest BCUT2D eigenvalue weighted by Gasteiger charge is 2.72. The van der Waals surface area contributed by atoms with Crippen molar-refractivity contribution in [2.45, 2.75) is 142 Å². The van der Waals surface area contributed by atoms with E-state index in [1.54, 1.807) is 0 Å². The van der Waals surface area contributed by atoms with Crippen LogP contribution in [-0.2, 0) is 25.6 Å². The Morgan fingerprint density at radius 3 is 2.30 bits per heavy atom. The van der Waals surface area contributed by atoms with Gasteiger partial charge in [0.1, 0.15) is 18.3 Å². The third-order valence-corrected chi connectivity index (χ3v) is 16.9. The molecule has 11 heteroatoms. The van der Waals surface area contributed by atoms with Crippen LogP contribution in [0.25, 0.3) is 0 Å². The van der Waals surface area contributed by atoms with E-state index in [2.05, 4.69) is 33.8 Å². The van der Waals surface area contributed by atoms with E-state index in [0.717, 1.165) is 24.8 Å². The maximum absolute atomic E-state index is 13.2. The molecule has 1 aromatic rings. The number of aliphatic hydroxyl groups is 6. The number of carboxylic acids is 1. The predicted molar refractivity (Wildman–Crippen MR) is 199 cm³/mol. The SMILES string of the molecule is C[C@@]1(CO)CC[C@@]2(C(=O)O)CC[C@@]3(C)C(=CC[C@H]4[C@@]5(C)C[C@@H](OCc6ccccc6)[C@@H](O[C@H]6OC[C@@H](O)[C@H](O)[C@H]6O)[C@@](C)([C@H](O)CO)[C@@H]5CC[C@]43C)[C@@H]2C1. The molecule has 1 aromatic carbocycles. The van der Waals surface area contributed by atoms with Crippen molar-refractivity contribution in [3.63, 3.8) is 0 Å². The van der Waals surface area contributed by atoms with Crippen LogP contribution in [0.2, 0.25) is 0 Å². The van der Waals surface area contributed by atoms with Crippen LogP contribution in [0.3, 0.4) is 0 Å².